The number of hydrogen-bond donors (Lipinski definition) is 1. The van der Waals surface area contributed by atoms with E-state index in [-0.39, 0.29) is 15.8 Å². The molecule has 0 aliphatic carbocycles. The summed E-state index contributed by atoms with van der Waals surface area (Å²) in [6.45, 7) is 0. The van der Waals surface area contributed by atoms with E-state index in [2.05, 4.69) is 15.9 Å². The van der Waals surface area contributed by atoms with Gasteiger partial charge in [0.2, 0.25) is 0 Å². The van der Waals surface area contributed by atoms with Crippen molar-refractivity contribution in [2.45, 2.75) is 6.43 Å². The number of rotatable bonds is 1. The predicted octanol–water partition coefficient (Wildman–Crippen LogP) is 3.09. The van der Waals surface area contributed by atoms with E-state index in [1.54, 1.807) is 0 Å². The molecule has 0 amide bonds. The first kappa shape index (κ1) is 8.46. The number of phenols is 1. The molecule has 1 rings (SSSR count). The van der Waals surface area contributed by atoms with Gasteiger partial charge in [-0.1, -0.05) is 15.9 Å². The lowest BCUT2D eigenvalue weighted by Crippen LogP contribution is -1.84. The van der Waals surface area contributed by atoms with Crippen molar-refractivity contribution in [2.75, 3.05) is 0 Å². The molecule has 0 radical (unpaired) electrons. The van der Waals surface area contributed by atoms with Gasteiger partial charge in [-0.15, -0.1) is 0 Å². The molecule has 0 aromatic heterocycles. The number of benzene rings is 1. The maximum absolute atomic E-state index is 12.0. The summed E-state index contributed by atoms with van der Waals surface area (Å²) in [4.78, 5) is 0. The summed E-state index contributed by atoms with van der Waals surface area (Å²) >= 11 is 2.91. The van der Waals surface area contributed by atoms with Crippen molar-refractivity contribution in [3.63, 3.8) is 0 Å². The minimum absolute atomic E-state index is 0.0266. The van der Waals surface area contributed by atoms with Crippen LogP contribution in [0.15, 0.2) is 22.7 Å². The van der Waals surface area contributed by atoms with Gasteiger partial charge in [-0.2, -0.15) is 0 Å². The minimum atomic E-state index is -2.51. The molecule has 0 aliphatic heterocycles. The fraction of sp³-hybridized carbons (Fsp3) is 0.143. The lowest BCUT2D eigenvalue weighted by atomic mass is 10.2. The van der Waals surface area contributed by atoms with E-state index in [4.69, 9.17) is 5.11 Å². The number of aromatic hydroxyl groups is 1. The molecule has 1 nitrogen and oxygen atoms in total. The monoisotopic (exact) mass is 222 g/mol. The molecule has 11 heavy (non-hydrogen) atoms. The van der Waals surface area contributed by atoms with Crippen molar-refractivity contribution in [1.82, 2.24) is 0 Å². The Labute approximate surface area is 70.8 Å². The van der Waals surface area contributed by atoms with Crippen LogP contribution in [0, 0.1) is 0 Å². The minimum Gasteiger partial charge on any atom is -0.508 e. The summed E-state index contributed by atoms with van der Waals surface area (Å²) in [5, 5.41) is 8.84. The molecule has 0 atom stereocenters. The van der Waals surface area contributed by atoms with Gasteiger partial charge in [-0.25, -0.2) is 8.78 Å². The molecule has 0 heterocycles. The Bertz CT molecular complexity index is 263. The van der Waals surface area contributed by atoms with Crippen LogP contribution < -0.4 is 0 Å². The van der Waals surface area contributed by atoms with Gasteiger partial charge in [0.1, 0.15) is 5.75 Å². The molecule has 1 N–H and O–H groups in total. The second-order valence-electron chi connectivity index (χ2n) is 2.01. The van der Waals surface area contributed by atoms with Crippen LogP contribution in [0.1, 0.15) is 12.0 Å². The third kappa shape index (κ3) is 1.89. The van der Waals surface area contributed by atoms with Gasteiger partial charge >= 0.3 is 0 Å². The number of phenolic OH excluding ortho intramolecular Hbond substituents is 1. The van der Waals surface area contributed by atoms with Crippen LogP contribution in [0.3, 0.4) is 0 Å². The molecule has 4 heteroatoms. The van der Waals surface area contributed by atoms with Crippen LogP contribution in [0.25, 0.3) is 0 Å². The lowest BCUT2D eigenvalue weighted by molar-refractivity contribution is 0.150. The van der Waals surface area contributed by atoms with E-state index >= 15 is 0 Å². The van der Waals surface area contributed by atoms with Crippen LogP contribution in [-0.4, -0.2) is 5.11 Å². The highest BCUT2D eigenvalue weighted by Crippen LogP contribution is 2.29. The second-order valence-corrected chi connectivity index (χ2v) is 2.86. The Morgan fingerprint density at radius 3 is 2.45 bits per heavy atom. The second kappa shape index (κ2) is 3.17. The quantitative estimate of drug-likeness (QED) is 0.775. The molecular weight excluding hydrogens is 218 g/mol. The molecular formula is C7H5BrF2O. The fourth-order valence-electron chi connectivity index (χ4n) is 0.693. The lowest BCUT2D eigenvalue weighted by Gasteiger charge is -2.01. The standard InChI is InChI=1S/C7H5BrF2O/c8-6-3-4(11)1-2-5(6)7(9)10/h1-3,7,11H. The van der Waals surface area contributed by atoms with E-state index in [0.29, 0.717) is 0 Å². The summed E-state index contributed by atoms with van der Waals surface area (Å²) in [6, 6.07) is 3.65. The van der Waals surface area contributed by atoms with Gasteiger partial charge in [0.25, 0.3) is 6.43 Å². The number of alkyl halides is 2. The van der Waals surface area contributed by atoms with Gasteiger partial charge in [-0.05, 0) is 18.2 Å². The van der Waals surface area contributed by atoms with Gasteiger partial charge in [0.15, 0.2) is 0 Å². The average molecular weight is 223 g/mol. The van der Waals surface area contributed by atoms with Gasteiger partial charge in [0.05, 0.1) is 0 Å². The third-order valence-electron chi connectivity index (χ3n) is 1.22. The number of hydrogen-bond acceptors (Lipinski definition) is 1. The SMILES string of the molecule is Oc1ccc(C(F)F)c(Br)c1. The zero-order chi connectivity index (χ0) is 8.43. The molecule has 0 fully saturated rings. The zero-order valence-electron chi connectivity index (χ0n) is 5.39. The Morgan fingerprint density at radius 2 is 2.00 bits per heavy atom. The van der Waals surface area contributed by atoms with Crippen LogP contribution in [0.5, 0.6) is 5.75 Å². The molecule has 1 aromatic carbocycles. The third-order valence-corrected chi connectivity index (χ3v) is 1.91. The van der Waals surface area contributed by atoms with Gasteiger partial charge in [-0.3, -0.25) is 0 Å². The molecule has 0 aliphatic rings. The predicted molar refractivity (Wildman–Crippen MR) is 40.8 cm³/mol. The average Bonchev–Trinajstić information content (AvgIpc) is 1.85. The van der Waals surface area contributed by atoms with Crippen LogP contribution in [-0.2, 0) is 0 Å². The van der Waals surface area contributed by atoms with Crippen molar-refractivity contribution < 1.29 is 13.9 Å². The van der Waals surface area contributed by atoms with Crippen molar-refractivity contribution in [3.8, 4) is 5.75 Å². The molecule has 0 saturated carbocycles. The maximum Gasteiger partial charge on any atom is 0.264 e. The van der Waals surface area contributed by atoms with Crippen LogP contribution in [0.4, 0.5) is 8.78 Å². The highest BCUT2D eigenvalue weighted by molar-refractivity contribution is 9.10. The van der Waals surface area contributed by atoms with Gasteiger partial charge in [0, 0.05) is 10.0 Å². The first-order valence-corrected chi connectivity index (χ1v) is 3.67. The summed E-state index contributed by atoms with van der Waals surface area (Å²) in [5.41, 5.74) is -0.109. The molecule has 0 bridgehead atoms. The van der Waals surface area contributed by atoms with Crippen LogP contribution in [0.2, 0.25) is 0 Å². The van der Waals surface area contributed by atoms with E-state index in [9.17, 15) is 8.78 Å². The summed E-state index contributed by atoms with van der Waals surface area (Å²) in [6.07, 6.45) is -2.51. The smallest absolute Gasteiger partial charge is 0.264 e. The molecule has 0 saturated heterocycles. The summed E-state index contributed by atoms with van der Waals surface area (Å²) < 4.78 is 24.3. The van der Waals surface area contributed by atoms with Crippen molar-refractivity contribution >= 4 is 15.9 Å². The van der Waals surface area contributed by atoms with Crippen LogP contribution >= 0.6 is 15.9 Å². The summed E-state index contributed by atoms with van der Waals surface area (Å²) in [7, 11) is 0. The first-order valence-electron chi connectivity index (χ1n) is 2.88. The maximum atomic E-state index is 12.0. The van der Waals surface area contributed by atoms with Crippen molar-refractivity contribution in [3.05, 3.63) is 28.2 Å². The van der Waals surface area contributed by atoms with Crippen molar-refractivity contribution in [1.29, 1.82) is 0 Å². The highest BCUT2D eigenvalue weighted by Gasteiger charge is 2.10. The Balaban J connectivity index is 3.09. The fourth-order valence-corrected chi connectivity index (χ4v) is 1.23. The molecule has 1 aromatic rings. The summed E-state index contributed by atoms with van der Waals surface area (Å²) in [5.74, 6) is -0.0266. The van der Waals surface area contributed by atoms with E-state index in [1.165, 1.54) is 18.2 Å². The molecule has 60 valence electrons. The number of halogens is 3. The van der Waals surface area contributed by atoms with E-state index in [0.717, 1.165) is 0 Å². The first-order chi connectivity index (χ1) is 5.11. The Kier molecular flexibility index (Phi) is 2.44. The molecule has 0 unspecified atom stereocenters. The van der Waals surface area contributed by atoms with E-state index in [1.807, 2.05) is 0 Å². The largest absolute Gasteiger partial charge is 0.508 e. The molecule has 0 spiro atoms. The van der Waals surface area contributed by atoms with Gasteiger partial charge < -0.3 is 5.11 Å². The topological polar surface area (TPSA) is 20.2 Å². The Hall–Kier alpha value is -0.640. The Morgan fingerprint density at radius 1 is 1.36 bits per heavy atom. The van der Waals surface area contributed by atoms with E-state index < -0.39 is 6.43 Å². The normalized spacial score (nSPS) is 10.5. The van der Waals surface area contributed by atoms with Crippen molar-refractivity contribution in [2.24, 2.45) is 0 Å². The highest BCUT2D eigenvalue weighted by atomic mass is 79.9. The zero-order valence-corrected chi connectivity index (χ0v) is 6.98.